The highest BCUT2D eigenvalue weighted by atomic mass is 16.5. The zero-order valence-corrected chi connectivity index (χ0v) is 23.8. The molecule has 5 heterocycles. The fourth-order valence-electron chi connectivity index (χ4n) is 6.56. The van der Waals surface area contributed by atoms with Gasteiger partial charge in [-0.25, -0.2) is 9.97 Å². The molecule has 3 fully saturated rings. The number of anilines is 1. The van der Waals surface area contributed by atoms with Crippen molar-refractivity contribution in [1.82, 2.24) is 30.0 Å². The molecule has 0 aliphatic carbocycles. The van der Waals surface area contributed by atoms with Gasteiger partial charge in [-0.1, -0.05) is 24.3 Å². The Morgan fingerprint density at radius 2 is 1.83 bits per heavy atom. The third-order valence-corrected chi connectivity index (χ3v) is 8.93. The molecule has 4 aliphatic heterocycles. The summed E-state index contributed by atoms with van der Waals surface area (Å²) in [4.78, 5) is 40.9. The smallest absolute Gasteiger partial charge is 0.272 e. The number of nitrogens with one attached hydrogen (secondary N) is 2. The summed E-state index contributed by atoms with van der Waals surface area (Å²) in [6.45, 7) is 7.48. The van der Waals surface area contributed by atoms with Gasteiger partial charge in [0.2, 0.25) is 5.91 Å². The molecular weight excluding hydrogens is 522 g/mol. The summed E-state index contributed by atoms with van der Waals surface area (Å²) in [5.41, 5.74) is 3.02. The van der Waals surface area contributed by atoms with Crippen LogP contribution in [0.4, 0.5) is 5.82 Å². The van der Waals surface area contributed by atoms with Crippen LogP contribution >= 0.6 is 0 Å². The van der Waals surface area contributed by atoms with Gasteiger partial charge in [0, 0.05) is 77.4 Å². The number of carbonyl (C=O) groups is 2. The molecule has 0 saturated carbocycles. The van der Waals surface area contributed by atoms with Crippen LogP contribution in [0.15, 0.2) is 30.3 Å². The number of amides is 2. The number of fused-ring (bicyclic) bond motifs is 1. The number of carbonyl (C=O) groups excluding carboxylic acids is 2. The highest BCUT2D eigenvalue weighted by molar-refractivity contribution is 5.93. The molecule has 3 N–H and O–H groups in total. The minimum Gasteiger partial charge on any atom is -0.390 e. The van der Waals surface area contributed by atoms with E-state index >= 15 is 0 Å². The number of aromatic nitrogens is 2. The second kappa shape index (κ2) is 12.4. The van der Waals surface area contributed by atoms with E-state index in [1.165, 1.54) is 11.1 Å². The van der Waals surface area contributed by atoms with E-state index in [9.17, 15) is 14.7 Å². The molecule has 11 heteroatoms. The standard InChI is InChI=1S/C30H41N7O4/c1-20(38)35-12-7-23(8-13-35)32-28-16-24(33-29(34-28)27-17-31-10-15-41-27)30(40)37-14-9-25(26(39)19-37)36-11-6-21-4-2-3-5-22(21)18-36/h2-5,16,23,25-27,31,39H,6-15,17-19H2,1H3,(H,32,33,34). The van der Waals surface area contributed by atoms with Crippen LogP contribution in [0, 0.1) is 0 Å². The molecule has 220 valence electrons. The van der Waals surface area contributed by atoms with E-state index in [4.69, 9.17) is 9.72 Å². The largest absolute Gasteiger partial charge is 0.390 e. The molecule has 0 bridgehead atoms. The molecule has 6 rings (SSSR count). The quantitative estimate of drug-likeness (QED) is 0.492. The van der Waals surface area contributed by atoms with Crippen molar-refractivity contribution in [3.8, 4) is 0 Å². The van der Waals surface area contributed by atoms with E-state index in [1.54, 1.807) is 17.9 Å². The minimum absolute atomic E-state index is 0.0215. The summed E-state index contributed by atoms with van der Waals surface area (Å²) in [5.74, 6) is 0.970. The zero-order valence-electron chi connectivity index (χ0n) is 23.8. The third-order valence-electron chi connectivity index (χ3n) is 8.93. The second-order valence-corrected chi connectivity index (χ2v) is 11.6. The van der Waals surface area contributed by atoms with Crippen molar-refractivity contribution in [3.05, 3.63) is 53.0 Å². The number of piperidine rings is 2. The molecule has 4 aliphatic rings. The first-order valence-corrected chi connectivity index (χ1v) is 15.0. The van der Waals surface area contributed by atoms with E-state index in [2.05, 4.69) is 44.8 Å². The summed E-state index contributed by atoms with van der Waals surface area (Å²) < 4.78 is 5.92. The van der Waals surface area contributed by atoms with Gasteiger partial charge >= 0.3 is 0 Å². The fraction of sp³-hybridized carbons (Fsp3) is 0.600. The number of benzene rings is 1. The predicted molar refractivity (Wildman–Crippen MR) is 153 cm³/mol. The van der Waals surface area contributed by atoms with Crippen LogP contribution in [0.1, 0.15) is 59.7 Å². The summed E-state index contributed by atoms with van der Waals surface area (Å²) in [7, 11) is 0. The van der Waals surface area contributed by atoms with Crippen molar-refractivity contribution in [2.45, 2.75) is 63.4 Å². The topological polar surface area (TPSA) is 123 Å². The molecule has 2 amide bonds. The molecule has 1 aromatic heterocycles. The van der Waals surface area contributed by atoms with Gasteiger partial charge in [0.05, 0.1) is 12.7 Å². The summed E-state index contributed by atoms with van der Waals surface area (Å²) in [6, 6.07) is 10.4. The number of hydrogen-bond donors (Lipinski definition) is 3. The number of likely N-dealkylation sites (tertiary alicyclic amines) is 2. The molecule has 3 unspecified atom stereocenters. The average Bonchev–Trinajstić information content (AvgIpc) is 3.01. The Kier molecular flexibility index (Phi) is 8.47. The molecule has 3 saturated heterocycles. The van der Waals surface area contributed by atoms with Crippen LogP contribution in [-0.4, -0.2) is 112 Å². The minimum atomic E-state index is -0.630. The highest BCUT2D eigenvalue weighted by Gasteiger charge is 2.36. The Balaban J connectivity index is 1.15. The van der Waals surface area contributed by atoms with Gasteiger partial charge in [0.15, 0.2) is 5.82 Å². The molecule has 0 radical (unpaired) electrons. The zero-order chi connectivity index (χ0) is 28.3. The number of nitrogens with zero attached hydrogens (tertiary/aromatic N) is 5. The van der Waals surface area contributed by atoms with Crippen molar-refractivity contribution < 1.29 is 19.4 Å². The van der Waals surface area contributed by atoms with E-state index in [-0.39, 0.29) is 36.5 Å². The number of aliphatic hydroxyl groups excluding tert-OH is 1. The van der Waals surface area contributed by atoms with Crippen molar-refractivity contribution in [1.29, 1.82) is 0 Å². The van der Waals surface area contributed by atoms with Crippen LogP contribution in [-0.2, 0) is 22.5 Å². The average molecular weight is 564 g/mol. The molecular formula is C30H41N7O4. The first-order chi connectivity index (χ1) is 19.9. The number of morpholine rings is 1. The van der Waals surface area contributed by atoms with Crippen LogP contribution in [0.3, 0.4) is 0 Å². The Morgan fingerprint density at radius 3 is 2.56 bits per heavy atom. The van der Waals surface area contributed by atoms with Gasteiger partial charge in [0.25, 0.3) is 5.91 Å². The first-order valence-electron chi connectivity index (χ1n) is 15.0. The number of rotatable bonds is 5. The Bertz CT molecular complexity index is 1250. The van der Waals surface area contributed by atoms with E-state index in [1.807, 2.05) is 4.90 Å². The Hall–Kier alpha value is -3.12. The van der Waals surface area contributed by atoms with Crippen LogP contribution < -0.4 is 10.6 Å². The molecule has 41 heavy (non-hydrogen) atoms. The van der Waals surface area contributed by atoms with Crippen molar-refractivity contribution in [2.75, 3.05) is 57.7 Å². The van der Waals surface area contributed by atoms with E-state index < -0.39 is 6.10 Å². The van der Waals surface area contributed by atoms with Crippen molar-refractivity contribution >= 4 is 17.6 Å². The fourth-order valence-corrected chi connectivity index (χ4v) is 6.56. The summed E-state index contributed by atoms with van der Waals surface area (Å²) in [5, 5.41) is 18.0. The number of ether oxygens (including phenoxy) is 1. The van der Waals surface area contributed by atoms with Crippen LogP contribution in [0.5, 0.6) is 0 Å². The monoisotopic (exact) mass is 563 g/mol. The number of hydrogen-bond acceptors (Lipinski definition) is 9. The lowest BCUT2D eigenvalue weighted by molar-refractivity contribution is -0.129. The van der Waals surface area contributed by atoms with Crippen LogP contribution in [0.2, 0.25) is 0 Å². The van der Waals surface area contributed by atoms with Crippen LogP contribution in [0.25, 0.3) is 0 Å². The van der Waals surface area contributed by atoms with Gasteiger partial charge in [0.1, 0.15) is 17.6 Å². The molecule has 3 atom stereocenters. The normalized spacial score (nSPS) is 26.0. The Morgan fingerprint density at radius 1 is 1.05 bits per heavy atom. The van der Waals surface area contributed by atoms with Gasteiger partial charge in [-0.15, -0.1) is 0 Å². The molecule has 0 spiro atoms. The van der Waals surface area contributed by atoms with Crippen molar-refractivity contribution in [3.63, 3.8) is 0 Å². The maximum Gasteiger partial charge on any atom is 0.272 e. The number of aliphatic hydroxyl groups is 1. The predicted octanol–water partition coefficient (Wildman–Crippen LogP) is 1.19. The SMILES string of the molecule is CC(=O)N1CCC(Nc2cc(C(=O)N3CCC(N4CCc5ccccc5C4)C(O)C3)nc(C3CNCCO3)n2)CC1. The lowest BCUT2D eigenvalue weighted by atomic mass is 9.94. The van der Waals surface area contributed by atoms with Gasteiger partial charge in [-0.3, -0.25) is 14.5 Å². The number of β-amino-alcohol motifs (C(OH)–C–C–N with tert-alkyl or cyclic N) is 1. The molecule has 11 nitrogen and oxygen atoms in total. The second-order valence-electron chi connectivity index (χ2n) is 11.6. The maximum absolute atomic E-state index is 13.8. The van der Waals surface area contributed by atoms with Gasteiger partial charge < -0.3 is 30.3 Å². The van der Waals surface area contributed by atoms with Crippen molar-refractivity contribution in [2.24, 2.45) is 0 Å². The Labute approximate surface area is 241 Å². The third kappa shape index (κ3) is 6.38. The maximum atomic E-state index is 13.8. The van der Waals surface area contributed by atoms with Gasteiger partial charge in [-0.2, -0.15) is 0 Å². The van der Waals surface area contributed by atoms with E-state index in [0.717, 1.165) is 38.9 Å². The highest BCUT2D eigenvalue weighted by Crippen LogP contribution is 2.27. The summed E-state index contributed by atoms with van der Waals surface area (Å²) >= 11 is 0. The lowest BCUT2D eigenvalue weighted by Gasteiger charge is -2.43. The van der Waals surface area contributed by atoms with Gasteiger partial charge in [-0.05, 0) is 36.8 Å². The molecule has 2 aromatic rings. The lowest BCUT2D eigenvalue weighted by Crippen LogP contribution is -2.56. The van der Waals surface area contributed by atoms with E-state index in [0.29, 0.717) is 56.5 Å². The first kappa shape index (κ1) is 28.0. The molecule has 1 aromatic carbocycles. The summed E-state index contributed by atoms with van der Waals surface area (Å²) in [6.07, 6.45) is 2.34.